The number of fused-ring (bicyclic) bond motifs is 2. The molecule has 0 atom stereocenters. The van der Waals surface area contributed by atoms with Crippen LogP contribution >= 0.6 is 34.9 Å². The summed E-state index contributed by atoms with van der Waals surface area (Å²) >= 11 is 4.24. The molecule has 162 valence electrons. The summed E-state index contributed by atoms with van der Waals surface area (Å²) in [7, 11) is 0. The molecular weight excluding hydrogens is 477 g/mol. The molecule has 3 aromatic rings. The van der Waals surface area contributed by atoms with Crippen molar-refractivity contribution >= 4 is 39.2 Å². The lowest BCUT2D eigenvalue weighted by Crippen LogP contribution is -2.14. The molecule has 5 rings (SSSR count). The maximum Gasteiger partial charge on any atom is 0.416 e. The van der Waals surface area contributed by atoms with E-state index in [1.165, 1.54) is 40.9 Å². The number of hydrogen-bond acceptors (Lipinski definition) is 9. The summed E-state index contributed by atoms with van der Waals surface area (Å²) in [6.45, 7) is 1.88. The Morgan fingerprint density at radius 2 is 1.97 bits per heavy atom. The zero-order valence-corrected chi connectivity index (χ0v) is 18.9. The second-order valence-corrected chi connectivity index (χ2v) is 10.7. The molecular formula is C20H13F3N6S3. The summed E-state index contributed by atoms with van der Waals surface area (Å²) in [5.74, 6) is 0.341. The number of nitriles is 1. The van der Waals surface area contributed by atoms with E-state index >= 15 is 0 Å². The number of alkyl halides is 3. The van der Waals surface area contributed by atoms with E-state index < -0.39 is 11.7 Å². The molecule has 0 radical (unpaired) electrons. The van der Waals surface area contributed by atoms with Gasteiger partial charge in [-0.2, -0.15) is 18.4 Å². The third-order valence-electron chi connectivity index (χ3n) is 5.13. The third-order valence-corrected chi connectivity index (χ3v) is 8.15. The first kappa shape index (κ1) is 21.4. The van der Waals surface area contributed by atoms with Gasteiger partial charge in [-0.3, -0.25) is 4.99 Å². The summed E-state index contributed by atoms with van der Waals surface area (Å²) < 4.78 is 39.6. The molecule has 1 aliphatic heterocycles. The van der Waals surface area contributed by atoms with Gasteiger partial charge in [0, 0.05) is 11.3 Å². The largest absolute Gasteiger partial charge is 0.416 e. The van der Waals surface area contributed by atoms with E-state index in [1.807, 2.05) is 19.1 Å². The maximum absolute atomic E-state index is 12.9. The second kappa shape index (κ2) is 7.83. The molecule has 0 N–H and O–H groups in total. The predicted octanol–water partition coefficient (Wildman–Crippen LogP) is 5.58. The number of benzene rings is 1. The van der Waals surface area contributed by atoms with Gasteiger partial charge >= 0.3 is 6.18 Å². The average Bonchev–Trinajstić information content (AvgIpc) is 3.40. The van der Waals surface area contributed by atoms with Crippen LogP contribution in [0.3, 0.4) is 0 Å². The fourth-order valence-corrected chi connectivity index (χ4v) is 6.21. The number of nitrogens with zero attached hydrogens (tertiary/aromatic N) is 6. The van der Waals surface area contributed by atoms with Crippen molar-refractivity contribution in [3.05, 3.63) is 51.5 Å². The normalized spacial score (nSPS) is 16.4. The Labute approximate surface area is 193 Å². The Morgan fingerprint density at radius 1 is 1.16 bits per heavy atom. The van der Waals surface area contributed by atoms with Crippen LogP contribution in [0.5, 0.6) is 0 Å². The van der Waals surface area contributed by atoms with Crippen molar-refractivity contribution in [1.82, 2.24) is 20.4 Å². The number of aromatic nitrogens is 4. The number of halogens is 3. The highest BCUT2D eigenvalue weighted by Gasteiger charge is 2.49. The minimum atomic E-state index is -4.48. The van der Waals surface area contributed by atoms with E-state index in [2.05, 4.69) is 20.4 Å². The van der Waals surface area contributed by atoms with Gasteiger partial charge in [0.25, 0.3) is 0 Å². The van der Waals surface area contributed by atoms with Gasteiger partial charge in [0.1, 0.15) is 20.1 Å². The van der Waals surface area contributed by atoms with Crippen molar-refractivity contribution in [1.29, 1.82) is 5.26 Å². The Kier molecular flexibility index (Phi) is 5.22. The molecule has 3 heterocycles. The summed E-state index contributed by atoms with van der Waals surface area (Å²) in [4.78, 5) is 4.91. The summed E-state index contributed by atoms with van der Waals surface area (Å²) in [5.41, 5.74) is 1.11. The lowest BCUT2D eigenvalue weighted by Gasteiger charge is -2.21. The highest BCUT2D eigenvalue weighted by molar-refractivity contribution is 8.38. The van der Waals surface area contributed by atoms with Crippen LogP contribution in [0.4, 0.5) is 13.2 Å². The van der Waals surface area contributed by atoms with Gasteiger partial charge in [-0.25, -0.2) is 0 Å². The van der Waals surface area contributed by atoms with Gasteiger partial charge in [-0.15, -0.1) is 20.4 Å². The fourth-order valence-electron chi connectivity index (χ4n) is 3.32. The molecule has 1 spiro atoms. The van der Waals surface area contributed by atoms with Crippen LogP contribution in [0.1, 0.15) is 40.1 Å². The smallest absolute Gasteiger partial charge is 0.260 e. The molecule has 1 saturated carbocycles. The first-order valence-electron chi connectivity index (χ1n) is 9.47. The van der Waals surface area contributed by atoms with Crippen LogP contribution in [0.15, 0.2) is 34.3 Å². The standard InChI is InChI=1S/C20H13F3N6S3/c1-10-26-29-17(31-10)15-7-14-16(28-27-15)32-18(25-19(14)4-5-19)30-9-11-2-3-13(20(21,22)23)6-12(11)8-24/h2-3,6-7H,4-5,9H2,1H3. The number of rotatable bonds is 3. The van der Waals surface area contributed by atoms with Gasteiger partial charge in [0.05, 0.1) is 22.7 Å². The van der Waals surface area contributed by atoms with E-state index in [-0.39, 0.29) is 11.1 Å². The zero-order chi connectivity index (χ0) is 22.5. The number of aryl methyl sites for hydroxylation is 1. The lowest BCUT2D eigenvalue weighted by atomic mass is 10.1. The summed E-state index contributed by atoms with van der Waals surface area (Å²) in [6, 6.07) is 7.12. The Bertz CT molecular complexity index is 1290. The van der Waals surface area contributed by atoms with Gasteiger partial charge in [0.2, 0.25) is 0 Å². The Hall–Kier alpha value is -2.49. The molecule has 0 amide bonds. The quantitative estimate of drug-likeness (QED) is 0.474. The van der Waals surface area contributed by atoms with E-state index in [1.54, 1.807) is 0 Å². The number of hydrogen-bond donors (Lipinski definition) is 0. The van der Waals surface area contributed by atoms with Crippen molar-refractivity contribution < 1.29 is 13.2 Å². The highest BCUT2D eigenvalue weighted by Crippen LogP contribution is 2.56. The van der Waals surface area contributed by atoms with E-state index in [0.717, 1.165) is 44.9 Å². The first-order valence-corrected chi connectivity index (χ1v) is 12.1. The van der Waals surface area contributed by atoms with Crippen LogP contribution in [-0.2, 0) is 17.5 Å². The van der Waals surface area contributed by atoms with Gasteiger partial charge in [0.15, 0.2) is 5.01 Å². The molecule has 2 aliphatic rings. The molecule has 0 bridgehead atoms. The number of aliphatic imine (C=N–C) groups is 1. The minimum Gasteiger partial charge on any atom is -0.260 e. The molecule has 2 aromatic heterocycles. The maximum atomic E-state index is 12.9. The van der Waals surface area contributed by atoms with Crippen molar-refractivity contribution in [2.24, 2.45) is 4.99 Å². The molecule has 0 unspecified atom stereocenters. The SMILES string of the molecule is Cc1nnc(-c2cc3c(nn2)SC(SCc2ccc(C(F)(F)F)cc2C#N)=NC32CC2)s1. The Morgan fingerprint density at radius 3 is 2.62 bits per heavy atom. The summed E-state index contributed by atoms with van der Waals surface area (Å²) in [6.07, 6.45) is -2.68. The summed E-state index contributed by atoms with van der Waals surface area (Å²) in [5, 5.41) is 28.5. The zero-order valence-electron chi connectivity index (χ0n) is 16.5. The Balaban J connectivity index is 1.37. The van der Waals surface area contributed by atoms with Crippen molar-refractivity contribution in [3.63, 3.8) is 0 Å². The molecule has 1 aliphatic carbocycles. The molecule has 1 aromatic carbocycles. The first-order chi connectivity index (χ1) is 15.3. The van der Waals surface area contributed by atoms with Crippen molar-refractivity contribution in [3.8, 4) is 16.8 Å². The lowest BCUT2D eigenvalue weighted by molar-refractivity contribution is -0.137. The molecule has 0 saturated heterocycles. The van der Waals surface area contributed by atoms with Crippen LogP contribution in [0, 0.1) is 18.3 Å². The van der Waals surface area contributed by atoms with E-state index in [4.69, 9.17) is 4.99 Å². The number of thioether (sulfide) groups is 2. The van der Waals surface area contributed by atoms with Crippen molar-refractivity contribution in [2.45, 2.75) is 42.3 Å². The highest BCUT2D eigenvalue weighted by atomic mass is 32.2. The predicted molar refractivity (Wildman–Crippen MR) is 117 cm³/mol. The molecule has 12 heteroatoms. The van der Waals surface area contributed by atoms with Crippen LogP contribution in [0.2, 0.25) is 0 Å². The molecule has 32 heavy (non-hydrogen) atoms. The third kappa shape index (κ3) is 4.00. The molecule has 1 fully saturated rings. The average molecular weight is 491 g/mol. The van der Waals surface area contributed by atoms with Gasteiger partial charge in [-0.1, -0.05) is 29.2 Å². The second-order valence-electron chi connectivity index (χ2n) is 7.36. The molecule has 6 nitrogen and oxygen atoms in total. The monoisotopic (exact) mass is 490 g/mol. The van der Waals surface area contributed by atoms with Gasteiger partial charge < -0.3 is 0 Å². The van der Waals surface area contributed by atoms with Crippen LogP contribution < -0.4 is 0 Å². The van der Waals surface area contributed by atoms with Crippen LogP contribution in [-0.4, -0.2) is 24.8 Å². The van der Waals surface area contributed by atoms with E-state index in [9.17, 15) is 18.4 Å². The van der Waals surface area contributed by atoms with Crippen molar-refractivity contribution in [2.75, 3.05) is 0 Å². The topological polar surface area (TPSA) is 87.7 Å². The van der Waals surface area contributed by atoms with E-state index in [0.29, 0.717) is 22.0 Å². The van der Waals surface area contributed by atoms with Crippen LogP contribution in [0.25, 0.3) is 10.7 Å². The minimum absolute atomic E-state index is 0.0204. The fraction of sp³-hybridized carbons (Fsp3) is 0.300. The van der Waals surface area contributed by atoms with Gasteiger partial charge in [-0.05, 0) is 55.3 Å².